The molecule has 0 unspecified atom stereocenters. The van der Waals surface area contributed by atoms with Gasteiger partial charge in [0.25, 0.3) is 0 Å². The van der Waals surface area contributed by atoms with E-state index in [1.165, 1.54) is 10.6 Å². The Bertz CT molecular complexity index is 1410. The van der Waals surface area contributed by atoms with Gasteiger partial charge in [-0.2, -0.15) is 4.98 Å². The number of rotatable bonds is 8. The maximum absolute atomic E-state index is 12.1. The van der Waals surface area contributed by atoms with Gasteiger partial charge in [-0.25, -0.2) is 13.4 Å². The maximum atomic E-state index is 12.1. The highest BCUT2D eigenvalue weighted by Gasteiger charge is 2.18. The topological polar surface area (TPSA) is 101 Å². The van der Waals surface area contributed by atoms with Gasteiger partial charge < -0.3 is 19.9 Å². The Hall–Kier alpha value is -3.63. The van der Waals surface area contributed by atoms with E-state index in [0.29, 0.717) is 18.2 Å². The summed E-state index contributed by atoms with van der Waals surface area (Å²) >= 11 is 0. The van der Waals surface area contributed by atoms with E-state index in [4.69, 9.17) is 9.72 Å². The van der Waals surface area contributed by atoms with Gasteiger partial charge in [-0.15, -0.1) is 0 Å². The zero-order valence-electron chi connectivity index (χ0n) is 19.0. The van der Waals surface area contributed by atoms with Crippen molar-refractivity contribution in [2.75, 3.05) is 36.0 Å². The van der Waals surface area contributed by atoms with Crippen molar-refractivity contribution in [2.45, 2.75) is 12.6 Å². The van der Waals surface area contributed by atoms with E-state index in [9.17, 15) is 8.42 Å². The van der Waals surface area contributed by atoms with Crippen molar-refractivity contribution >= 4 is 38.4 Å². The molecule has 0 radical (unpaired) electrons. The monoisotopic (exact) mass is 478 g/mol. The largest absolute Gasteiger partial charge is 0.488 e. The third kappa shape index (κ3) is 4.68. The van der Waals surface area contributed by atoms with E-state index >= 15 is 0 Å². The lowest BCUT2D eigenvalue weighted by Crippen LogP contribution is -2.50. The quantitative estimate of drug-likeness (QED) is 0.401. The summed E-state index contributed by atoms with van der Waals surface area (Å²) in [5, 5.41) is 7.33. The number of nitrogens with zero attached hydrogens (tertiary/aromatic N) is 4. The molecule has 1 saturated heterocycles. The third-order valence-corrected chi connectivity index (χ3v) is 7.02. The van der Waals surface area contributed by atoms with Crippen LogP contribution < -0.4 is 19.7 Å². The summed E-state index contributed by atoms with van der Waals surface area (Å²) in [6.07, 6.45) is 5.14. The van der Waals surface area contributed by atoms with Crippen molar-refractivity contribution in [3.05, 3.63) is 72.6 Å². The second-order valence-corrected chi connectivity index (χ2v) is 10.3. The summed E-state index contributed by atoms with van der Waals surface area (Å²) in [4.78, 5) is 9.14. The van der Waals surface area contributed by atoms with Crippen molar-refractivity contribution in [1.82, 2.24) is 19.9 Å². The molecular formula is C24H26N6O3S. The summed E-state index contributed by atoms with van der Waals surface area (Å²) < 4.78 is 33.3. The molecule has 2 aromatic heterocycles. The summed E-state index contributed by atoms with van der Waals surface area (Å²) in [5.74, 6) is 1.31. The number of para-hydroxylation sites is 1. The van der Waals surface area contributed by atoms with Gasteiger partial charge in [0.15, 0.2) is 0 Å². The fraction of sp³-hybridized carbons (Fsp3) is 0.250. The number of sulfonamides is 1. The van der Waals surface area contributed by atoms with Crippen molar-refractivity contribution in [2.24, 2.45) is 0 Å². The molecule has 0 saturated carbocycles. The molecule has 34 heavy (non-hydrogen) atoms. The van der Waals surface area contributed by atoms with Crippen LogP contribution in [0.2, 0.25) is 0 Å². The molecule has 0 bridgehead atoms. The fourth-order valence-electron chi connectivity index (χ4n) is 3.76. The lowest BCUT2D eigenvalue weighted by Gasteiger charge is -2.27. The van der Waals surface area contributed by atoms with Crippen LogP contribution >= 0.6 is 0 Å². The molecule has 5 rings (SSSR count). The van der Waals surface area contributed by atoms with Crippen LogP contribution in [0.25, 0.3) is 11.0 Å². The molecule has 3 heterocycles. The van der Waals surface area contributed by atoms with E-state index < -0.39 is 10.0 Å². The molecule has 0 amide bonds. The van der Waals surface area contributed by atoms with Crippen molar-refractivity contribution in [1.29, 1.82) is 0 Å². The van der Waals surface area contributed by atoms with E-state index in [-0.39, 0.29) is 6.10 Å². The van der Waals surface area contributed by atoms with Gasteiger partial charge in [-0.1, -0.05) is 18.2 Å². The van der Waals surface area contributed by atoms with Gasteiger partial charge in [0.2, 0.25) is 16.0 Å². The summed E-state index contributed by atoms with van der Waals surface area (Å²) in [6, 6.07) is 17.1. The van der Waals surface area contributed by atoms with Gasteiger partial charge >= 0.3 is 0 Å². The Balaban J connectivity index is 1.37. The first-order valence-corrected chi connectivity index (χ1v) is 12.8. The van der Waals surface area contributed by atoms with Crippen molar-refractivity contribution in [3.8, 4) is 5.75 Å². The smallest absolute Gasteiger partial charge is 0.232 e. The van der Waals surface area contributed by atoms with Gasteiger partial charge in [0.05, 0.1) is 18.5 Å². The predicted molar refractivity (Wildman–Crippen MR) is 133 cm³/mol. The highest BCUT2D eigenvalue weighted by Crippen LogP contribution is 2.25. The van der Waals surface area contributed by atoms with Crippen LogP contribution in [0.5, 0.6) is 5.75 Å². The second kappa shape index (κ2) is 8.96. The lowest BCUT2D eigenvalue weighted by atomic mass is 10.2. The minimum absolute atomic E-state index is 0.236. The standard InChI is InChI=1S/C24H26N6O3S/c1-29(34(2,31)32)22-6-4-3-5-18(22)16-30-12-11-17-13-26-24(28-23(17)30)27-19-7-9-20(10-8-19)33-21-14-25-15-21/h3-13,21,25H,14-16H2,1-2H3,(H,26,27,28). The van der Waals surface area contributed by atoms with Crippen LogP contribution in [-0.2, 0) is 16.6 Å². The van der Waals surface area contributed by atoms with E-state index in [1.54, 1.807) is 19.3 Å². The number of hydrogen-bond acceptors (Lipinski definition) is 7. The normalized spacial score (nSPS) is 14.1. The highest BCUT2D eigenvalue weighted by molar-refractivity contribution is 7.92. The number of anilines is 3. The van der Waals surface area contributed by atoms with Gasteiger partial charge in [0, 0.05) is 43.6 Å². The summed E-state index contributed by atoms with van der Waals surface area (Å²) in [7, 11) is -1.81. The molecule has 0 spiro atoms. The highest BCUT2D eigenvalue weighted by atomic mass is 32.2. The second-order valence-electron chi connectivity index (χ2n) is 8.32. The number of nitrogens with one attached hydrogen (secondary N) is 2. The number of aromatic nitrogens is 3. The van der Waals surface area contributed by atoms with Crippen LogP contribution in [0, 0.1) is 0 Å². The first kappa shape index (κ1) is 22.2. The van der Waals surface area contributed by atoms with Crippen LogP contribution in [0.1, 0.15) is 5.56 Å². The molecule has 1 aliphatic rings. The Labute approximate surface area is 198 Å². The van der Waals surface area contributed by atoms with Crippen LogP contribution in [-0.4, -0.2) is 55.4 Å². The first-order valence-electron chi connectivity index (χ1n) is 10.9. The Kier molecular flexibility index (Phi) is 5.84. The van der Waals surface area contributed by atoms with Crippen molar-refractivity contribution < 1.29 is 13.2 Å². The van der Waals surface area contributed by atoms with Crippen LogP contribution in [0.3, 0.4) is 0 Å². The summed E-state index contributed by atoms with van der Waals surface area (Å²) in [5.41, 5.74) is 3.13. The zero-order chi connectivity index (χ0) is 23.7. The minimum Gasteiger partial charge on any atom is -0.488 e. The number of ether oxygens (including phenoxy) is 1. The lowest BCUT2D eigenvalue weighted by molar-refractivity contribution is 0.142. The Morgan fingerprint density at radius 3 is 2.62 bits per heavy atom. The minimum atomic E-state index is -3.37. The van der Waals surface area contributed by atoms with E-state index in [2.05, 4.69) is 15.6 Å². The molecule has 10 heteroatoms. The maximum Gasteiger partial charge on any atom is 0.232 e. The number of fused-ring (bicyclic) bond motifs is 1. The first-order chi connectivity index (χ1) is 16.4. The van der Waals surface area contributed by atoms with Crippen LogP contribution in [0.4, 0.5) is 17.3 Å². The third-order valence-electron chi connectivity index (χ3n) is 5.83. The fourth-order valence-corrected chi connectivity index (χ4v) is 4.29. The van der Waals surface area contributed by atoms with Crippen molar-refractivity contribution in [3.63, 3.8) is 0 Å². The SMILES string of the molecule is CN(c1ccccc1Cn1ccc2cnc(Nc3ccc(OC4CNC4)cc3)nc21)S(C)(=O)=O. The number of benzene rings is 2. The molecule has 1 aliphatic heterocycles. The van der Waals surface area contributed by atoms with E-state index in [1.807, 2.05) is 59.3 Å². The Morgan fingerprint density at radius 2 is 1.91 bits per heavy atom. The average Bonchev–Trinajstić information content (AvgIpc) is 3.19. The van der Waals surface area contributed by atoms with Gasteiger partial charge in [-0.3, -0.25) is 4.31 Å². The molecule has 0 atom stereocenters. The average molecular weight is 479 g/mol. The van der Waals surface area contributed by atoms with E-state index in [0.717, 1.165) is 41.1 Å². The molecule has 2 aromatic carbocycles. The molecule has 4 aromatic rings. The van der Waals surface area contributed by atoms with Gasteiger partial charge in [-0.05, 0) is 42.0 Å². The molecule has 0 aliphatic carbocycles. The molecule has 9 nitrogen and oxygen atoms in total. The summed E-state index contributed by atoms with van der Waals surface area (Å²) in [6.45, 7) is 2.23. The molecular weight excluding hydrogens is 452 g/mol. The zero-order valence-corrected chi connectivity index (χ0v) is 19.8. The Morgan fingerprint density at radius 1 is 1.15 bits per heavy atom. The predicted octanol–water partition coefficient (Wildman–Crippen LogP) is 2.97. The molecule has 176 valence electrons. The molecule has 1 fully saturated rings. The van der Waals surface area contributed by atoms with Crippen LogP contribution in [0.15, 0.2) is 67.0 Å². The number of hydrogen-bond donors (Lipinski definition) is 2. The molecule has 2 N–H and O–H groups in total. The van der Waals surface area contributed by atoms with Gasteiger partial charge in [0.1, 0.15) is 17.5 Å².